The van der Waals surface area contributed by atoms with E-state index in [1.165, 1.54) is 18.3 Å². The first-order valence-electron chi connectivity index (χ1n) is 10.3. The third-order valence-electron chi connectivity index (χ3n) is 4.72. The molecule has 3 aromatic rings. The zero-order chi connectivity index (χ0) is 23.8. The van der Waals surface area contributed by atoms with Crippen LogP contribution in [0.3, 0.4) is 0 Å². The zero-order valence-corrected chi connectivity index (χ0v) is 19.2. The Balaban J connectivity index is 1.84. The van der Waals surface area contributed by atoms with Crippen LogP contribution in [0.1, 0.15) is 18.1 Å². The number of benzene rings is 3. The number of nitrogen functional groups attached to an aromatic ring is 1. The third-order valence-corrected chi connectivity index (χ3v) is 6.51. The summed E-state index contributed by atoms with van der Waals surface area (Å²) in [6, 6.07) is 20.0. The molecule has 0 saturated heterocycles. The molecule has 3 aromatic carbocycles. The lowest BCUT2D eigenvalue weighted by atomic mass is 10.2. The number of hydrogen-bond donors (Lipinski definition) is 2. The molecule has 0 aliphatic heterocycles. The third kappa shape index (κ3) is 6.11. The highest BCUT2D eigenvalue weighted by Crippen LogP contribution is 2.25. The SMILES string of the molecule is CCOc1ccc(S(=O)(=O)N(CC(=O)N/N=C/c2ccccc2N)c2ccc(C)cc2)cc1. The number of amides is 1. The van der Waals surface area contributed by atoms with E-state index in [9.17, 15) is 13.2 Å². The number of para-hydroxylation sites is 1. The molecule has 0 fully saturated rings. The Bertz CT molecular complexity index is 1220. The lowest BCUT2D eigenvalue weighted by molar-refractivity contribution is -0.119. The van der Waals surface area contributed by atoms with Gasteiger partial charge >= 0.3 is 0 Å². The number of hydrogen-bond acceptors (Lipinski definition) is 6. The second-order valence-electron chi connectivity index (χ2n) is 7.17. The molecule has 0 aromatic heterocycles. The van der Waals surface area contributed by atoms with E-state index >= 15 is 0 Å². The molecule has 0 unspecified atom stereocenters. The molecule has 0 aliphatic rings. The molecule has 3 N–H and O–H groups in total. The minimum absolute atomic E-state index is 0.0416. The second kappa shape index (κ2) is 10.6. The summed E-state index contributed by atoms with van der Waals surface area (Å²) in [4.78, 5) is 12.6. The average Bonchev–Trinajstić information content (AvgIpc) is 2.80. The molecule has 0 spiro atoms. The number of nitrogens with two attached hydrogens (primary N) is 1. The summed E-state index contributed by atoms with van der Waals surface area (Å²) >= 11 is 0. The van der Waals surface area contributed by atoms with Crippen molar-refractivity contribution in [1.82, 2.24) is 5.43 Å². The molecule has 172 valence electrons. The summed E-state index contributed by atoms with van der Waals surface area (Å²) < 4.78 is 33.3. The van der Waals surface area contributed by atoms with Gasteiger partial charge in [0.1, 0.15) is 12.3 Å². The van der Waals surface area contributed by atoms with E-state index < -0.39 is 22.5 Å². The first kappa shape index (κ1) is 23.8. The number of nitrogens with zero attached hydrogens (tertiary/aromatic N) is 2. The fraction of sp³-hybridized carbons (Fsp3) is 0.167. The van der Waals surface area contributed by atoms with Crippen molar-refractivity contribution in [2.75, 3.05) is 23.2 Å². The van der Waals surface area contributed by atoms with Crippen LogP contribution in [0, 0.1) is 6.92 Å². The topological polar surface area (TPSA) is 114 Å². The Morgan fingerprint density at radius 2 is 1.73 bits per heavy atom. The molecule has 0 aliphatic carbocycles. The van der Waals surface area contributed by atoms with Crippen LogP contribution in [0.15, 0.2) is 82.8 Å². The Morgan fingerprint density at radius 1 is 1.06 bits per heavy atom. The Labute approximate surface area is 193 Å². The van der Waals surface area contributed by atoms with Gasteiger partial charge in [0.05, 0.1) is 23.4 Å². The quantitative estimate of drug-likeness (QED) is 0.285. The minimum atomic E-state index is -4.03. The van der Waals surface area contributed by atoms with Gasteiger partial charge in [0, 0.05) is 11.3 Å². The zero-order valence-electron chi connectivity index (χ0n) is 18.4. The summed E-state index contributed by atoms with van der Waals surface area (Å²) in [5, 5.41) is 3.91. The van der Waals surface area contributed by atoms with Gasteiger partial charge in [-0.2, -0.15) is 5.10 Å². The highest BCUT2D eigenvalue weighted by Gasteiger charge is 2.27. The van der Waals surface area contributed by atoms with Crippen LogP contribution in [-0.4, -0.2) is 33.7 Å². The average molecular weight is 467 g/mol. The summed E-state index contributed by atoms with van der Waals surface area (Å²) in [7, 11) is -4.03. The van der Waals surface area contributed by atoms with Crippen molar-refractivity contribution in [2.45, 2.75) is 18.7 Å². The summed E-state index contributed by atoms with van der Waals surface area (Å²) in [6.45, 7) is 3.75. The Morgan fingerprint density at radius 3 is 2.36 bits per heavy atom. The van der Waals surface area contributed by atoms with Crippen molar-refractivity contribution in [3.05, 3.63) is 83.9 Å². The summed E-state index contributed by atoms with van der Waals surface area (Å²) in [5.74, 6) is -0.0403. The molecule has 0 saturated carbocycles. The number of carbonyl (C=O) groups is 1. The molecule has 33 heavy (non-hydrogen) atoms. The molecule has 3 rings (SSSR count). The maximum absolute atomic E-state index is 13.4. The number of aryl methyl sites for hydroxylation is 1. The largest absolute Gasteiger partial charge is 0.494 e. The van der Waals surface area contributed by atoms with Crippen molar-refractivity contribution in [3.8, 4) is 5.75 Å². The molecule has 1 amide bonds. The maximum Gasteiger partial charge on any atom is 0.264 e. The molecule has 8 nitrogen and oxygen atoms in total. The number of sulfonamides is 1. The van der Waals surface area contributed by atoms with Crippen LogP contribution in [0.25, 0.3) is 0 Å². The van der Waals surface area contributed by atoms with E-state index in [0.29, 0.717) is 29.3 Å². The van der Waals surface area contributed by atoms with Gasteiger partial charge in [0.15, 0.2) is 0 Å². The van der Waals surface area contributed by atoms with Gasteiger partial charge in [0.2, 0.25) is 0 Å². The van der Waals surface area contributed by atoms with E-state index in [2.05, 4.69) is 10.5 Å². The lowest BCUT2D eigenvalue weighted by Crippen LogP contribution is -2.39. The highest BCUT2D eigenvalue weighted by atomic mass is 32.2. The second-order valence-corrected chi connectivity index (χ2v) is 9.04. The Hall–Kier alpha value is -3.85. The molecule has 0 heterocycles. The van der Waals surface area contributed by atoms with Crippen molar-refractivity contribution in [1.29, 1.82) is 0 Å². The Kier molecular flexibility index (Phi) is 7.68. The van der Waals surface area contributed by atoms with E-state index in [-0.39, 0.29) is 4.90 Å². The number of hydrazone groups is 1. The van der Waals surface area contributed by atoms with Gasteiger partial charge in [0.25, 0.3) is 15.9 Å². The minimum Gasteiger partial charge on any atom is -0.494 e. The van der Waals surface area contributed by atoms with Gasteiger partial charge in [-0.1, -0.05) is 35.9 Å². The molecule has 9 heteroatoms. The predicted molar refractivity (Wildman–Crippen MR) is 130 cm³/mol. The monoisotopic (exact) mass is 466 g/mol. The standard InChI is InChI=1S/C24H26N4O4S/c1-3-32-21-12-14-22(15-13-21)33(30,31)28(20-10-8-18(2)9-11-20)17-24(29)27-26-16-19-6-4-5-7-23(19)25/h4-16H,3,17,25H2,1-2H3,(H,27,29)/b26-16+. The van der Waals surface area contributed by atoms with Gasteiger partial charge in [-0.3, -0.25) is 9.10 Å². The molecular weight excluding hydrogens is 440 g/mol. The number of anilines is 2. The first-order valence-corrected chi connectivity index (χ1v) is 11.7. The van der Waals surface area contributed by atoms with Crippen LogP contribution in [0.5, 0.6) is 5.75 Å². The van der Waals surface area contributed by atoms with Crippen molar-refractivity contribution >= 4 is 33.5 Å². The van der Waals surface area contributed by atoms with Crippen molar-refractivity contribution < 1.29 is 17.9 Å². The lowest BCUT2D eigenvalue weighted by Gasteiger charge is -2.24. The van der Waals surface area contributed by atoms with E-state index in [4.69, 9.17) is 10.5 Å². The molecular formula is C24H26N4O4S. The number of carbonyl (C=O) groups excluding carboxylic acids is 1. The normalized spacial score (nSPS) is 11.3. The first-order chi connectivity index (χ1) is 15.8. The van der Waals surface area contributed by atoms with Gasteiger partial charge in [-0.05, 0) is 56.3 Å². The van der Waals surface area contributed by atoms with Gasteiger partial charge in [-0.25, -0.2) is 13.8 Å². The smallest absolute Gasteiger partial charge is 0.264 e. The molecule has 0 atom stereocenters. The van der Waals surface area contributed by atoms with Crippen LogP contribution < -0.4 is 20.2 Å². The van der Waals surface area contributed by atoms with Crippen molar-refractivity contribution in [2.24, 2.45) is 5.10 Å². The summed E-state index contributed by atoms with van der Waals surface area (Å²) in [5.41, 5.74) is 10.7. The predicted octanol–water partition coefficient (Wildman–Crippen LogP) is 3.32. The van der Waals surface area contributed by atoms with Crippen LogP contribution >= 0.6 is 0 Å². The number of rotatable bonds is 9. The van der Waals surface area contributed by atoms with E-state index in [1.807, 2.05) is 13.8 Å². The fourth-order valence-corrected chi connectivity index (χ4v) is 4.42. The highest BCUT2D eigenvalue weighted by molar-refractivity contribution is 7.92. The van der Waals surface area contributed by atoms with Crippen LogP contribution in [-0.2, 0) is 14.8 Å². The molecule has 0 bridgehead atoms. The maximum atomic E-state index is 13.4. The van der Waals surface area contributed by atoms with E-state index in [0.717, 1.165) is 9.87 Å². The molecule has 0 radical (unpaired) electrons. The van der Waals surface area contributed by atoms with Crippen LogP contribution in [0.2, 0.25) is 0 Å². The van der Waals surface area contributed by atoms with Gasteiger partial charge in [-0.15, -0.1) is 0 Å². The summed E-state index contributed by atoms with van der Waals surface area (Å²) in [6.07, 6.45) is 1.41. The van der Waals surface area contributed by atoms with E-state index in [1.54, 1.807) is 60.7 Å². The van der Waals surface area contributed by atoms with Crippen molar-refractivity contribution in [3.63, 3.8) is 0 Å². The van der Waals surface area contributed by atoms with Crippen LogP contribution in [0.4, 0.5) is 11.4 Å². The van der Waals surface area contributed by atoms with Gasteiger partial charge < -0.3 is 10.5 Å². The number of nitrogens with one attached hydrogen (secondary N) is 1. The number of ether oxygens (including phenoxy) is 1. The fourth-order valence-electron chi connectivity index (χ4n) is 3.00.